The molecule has 5 nitrogen and oxygen atoms in total. The van der Waals surface area contributed by atoms with Crippen LogP contribution in [0.4, 0.5) is 0 Å². The monoisotopic (exact) mass is 233 g/mol. The van der Waals surface area contributed by atoms with Gasteiger partial charge in [0, 0.05) is 13.1 Å². The molecule has 2 aliphatic rings. The third-order valence-electron chi connectivity index (χ3n) is 3.35. The highest BCUT2D eigenvalue weighted by Crippen LogP contribution is 2.41. The first kappa shape index (κ1) is 10.9. The molecular formula is C9H15NO4S. The summed E-state index contributed by atoms with van der Waals surface area (Å²) in [6.45, 7) is 2.81. The molecule has 0 amide bonds. The normalized spacial score (nSPS) is 31.1. The summed E-state index contributed by atoms with van der Waals surface area (Å²) in [6.07, 6.45) is 0.406. The average Bonchev–Trinajstić information content (AvgIpc) is 2.36. The van der Waals surface area contributed by atoms with E-state index in [1.807, 2.05) is 0 Å². The van der Waals surface area contributed by atoms with Gasteiger partial charge in [0.25, 0.3) is 0 Å². The Morgan fingerprint density at radius 2 is 2.20 bits per heavy atom. The van der Waals surface area contributed by atoms with Crippen LogP contribution in [0.15, 0.2) is 0 Å². The van der Waals surface area contributed by atoms with E-state index < -0.39 is 20.5 Å². The van der Waals surface area contributed by atoms with Crippen molar-refractivity contribution in [3.8, 4) is 0 Å². The van der Waals surface area contributed by atoms with Gasteiger partial charge in [-0.25, -0.2) is 8.42 Å². The van der Waals surface area contributed by atoms with E-state index in [-0.39, 0.29) is 11.7 Å². The van der Waals surface area contributed by atoms with Gasteiger partial charge in [-0.15, -0.1) is 0 Å². The first-order valence-electron chi connectivity index (χ1n) is 5.13. The highest BCUT2D eigenvalue weighted by atomic mass is 32.2. The molecule has 1 N–H and O–H groups in total. The van der Waals surface area contributed by atoms with Crippen molar-refractivity contribution in [1.29, 1.82) is 0 Å². The van der Waals surface area contributed by atoms with E-state index in [9.17, 15) is 13.2 Å². The van der Waals surface area contributed by atoms with E-state index in [2.05, 4.69) is 5.32 Å². The maximum atomic E-state index is 11.8. The Balaban J connectivity index is 2.25. The van der Waals surface area contributed by atoms with Gasteiger partial charge in [0.05, 0.1) is 18.3 Å². The van der Waals surface area contributed by atoms with Gasteiger partial charge in [0.1, 0.15) is 4.75 Å². The van der Waals surface area contributed by atoms with Crippen molar-refractivity contribution < 1.29 is 17.9 Å². The largest absolute Gasteiger partial charge is 0.466 e. The van der Waals surface area contributed by atoms with E-state index >= 15 is 0 Å². The minimum Gasteiger partial charge on any atom is -0.466 e. The van der Waals surface area contributed by atoms with E-state index in [1.54, 1.807) is 6.92 Å². The smallest absolute Gasteiger partial charge is 0.310 e. The molecule has 0 aromatic carbocycles. The van der Waals surface area contributed by atoms with Crippen LogP contribution in [0.5, 0.6) is 0 Å². The summed E-state index contributed by atoms with van der Waals surface area (Å²) in [7, 11) is -3.13. The number of sulfone groups is 1. The second-order valence-corrected chi connectivity index (χ2v) is 6.53. The third-order valence-corrected chi connectivity index (χ3v) is 5.93. The fourth-order valence-corrected chi connectivity index (χ4v) is 4.61. The predicted molar refractivity (Wildman–Crippen MR) is 54.1 cm³/mol. The summed E-state index contributed by atoms with van der Waals surface area (Å²) in [4.78, 5) is 11.6. The molecule has 0 saturated carbocycles. The second kappa shape index (κ2) is 3.45. The van der Waals surface area contributed by atoms with Crippen LogP contribution < -0.4 is 5.32 Å². The van der Waals surface area contributed by atoms with Crippen LogP contribution >= 0.6 is 0 Å². The van der Waals surface area contributed by atoms with Crippen molar-refractivity contribution in [1.82, 2.24) is 5.32 Å². The molecular weight excluding hydrogens is 218 g/mol. The number of esters is 1. The highest BCUT2D eigenvalue weighted by Gasteiger charge is 2.61. The number of rotatable bonds is 2. The molecule has 2 aliphatic heterocycles. The first-order chi connectivity index (χ1) is 7.03. The number of carbonyl (C=O) groups excluding carboxylic acids is 1. The topological polar surface area (TPSA) is 72.5 Å². The molecule has 0 aromatic heterocycles. The van der Waals surface area contributed by atoms with Gasteiger partial charge >= 0.3 is 5.97 Å². The Morgan fingerprint density at radius 3 is 2.67 bits per heavy atom. The third kappa shape index (κ3) is 1.38. The molecule has 2 fully saturated rings. The van der Waals surface area contributed by atoms with E-state index in [0.29, 0.717) is 26.1 Å². The minimum absolute atomic E-state index is 0.109. The zero-order valence-electron chi connectivity index (χ0n) is 8.65. The lowest BCUT2D eigenvalue weighted by Gasteiger charge is -2.41. The van der Waals surface area contributed by atoms with Crippen molar-refractivity contribution in [2.45, 2.75) is 18.1 Å². The number of ether oxygens (including phenoxy) is 1. The van der Waals surface area contributed by atoms with Crippen molar-refractivity contribution >= 4 is 15.8 Å². The Kier molecular flexibility index (Phi) is 2.50. The Labute approximate surface area is 89.1 Å². The maximum absolute atomic E-state index is 11.8. The van der Waals surface area contributed by atoms with Crippen LogP contribution in [0.2, 0.25) is 0 Å². The summed E-state index contributed by atoms with van der Waals surface area (Å²) in [5, 5.41) is 2.94. The molecule has 1 spiro atoms. The summed E-state index contributed by atoms with van der Waals surface area (Å²) >= 11 is 0. The molecule has 0 aliphatic carbocycles. The molecule has 0 bridgehead atoms. The zero-order valence-corrected chi connectivity index (χ0v) is 9.47. The number of hydrogen-bond acceptors (Lipinski definition) is 5. The predicted octanol–water partition coefficient (Wildman–Crippen LogP) is -0.674. The molecule has 2 saturated heterocycles. The summed E-state index contributed by atoms with van der Waals surface area (Å²) < 4.78 is 27.7. The zero-order chi connectivity index (χ0) is 11.1. The van der Waals surface area contributed by atoms with E-state index in [0.717, 1.165) is 0 Å². The Bertz CT molecular complexity index is 372. The molecule has 2 heterocycles. The fourth-order valence-electron chi connectivity index (χ4n) is 2.37. The Hall–Kier alpha value is -0.620. The number of nitrogens with one attached hydrogen (secondary N) is 1. The van der Waals surface area contributed by atoms with Crippen molar-refractivity contribution in [3.63, 3.8) is 0 Å². The van der Waals surface area contributed by atoms with Gasteiger partial charge in [-0.3, -0.25) is 4.79 Å². The first-order valence-corrected chi connectivity index (χ1v) is 6.78. The second-order valence-electron chi connectivity index (χ2n) is 4.08. The lowest BCUT2D eigenvalue weighted by molar-refractivity contribution is -0.149. The fraction of sp³-hybridized carbons (Fsp3) is 0.889. The quantitative estimate of drug-likeness (QED) is 0.640. The van der Waals surface area contributed by atoms with Gasteiger partial charge in [-0.05, 0) is 13.3 Å². The SMILES string of the molecule is CCOC(=O)C1CCS(=O)(=O)C12CNC2. The maximum Gasteiger partial charge on any atom is 0.310 e. The standard InChI is InChI=1S/C9H15NO4S/c1-2-14-8(11)7-3-4-15(12,13)9(7)5-10-6-9/h7,10H,2-6H2,1H3. The van der Waals surface area contributed by atoms with Crippen LogP contribution in [-0.4, -0.2) is 44.6 Å². The number of carbonyl (C=O) groups is 1. The average molecular weight is 233 g/mol. The van der Waals surface area contributed by atoms with Crippen LogP contribution in [-0.2, 0) is 19.4 Å². The molecule has 0 aromatic rings. The van der Waals surface area contributed by atoms with Gasteiger partial charge in [0.15, 0.2) is 9.84 Å². The van der Waals surface area contributed by atoms with Crippen molar-refractivity contribution in [2.24, 2.45) is 5.92 Å². The summed E-state index contributed by atoms with van der Waals surface area (Å²) in [6, 6.07) is 0. The lowest BCUT2D eigenvalue weighted by atomic mass is 9.85. The number of hydrogen-bond donors (Lipinski definition) is 1. The van der Waals surface area contributed by atoms with Crippen molar-refractivity contribution in [2.75, 3.05) is 25.4 Å². The molecule has 0 radical (unpaired) electrons. The van der Waals surface area contributed by atoms with Crippen LogP contribution in [0, 0.1) is 5.92 Å². The van der Waals surface area contributed by atoms with Gasteiger partial charge in [0.2, 0.25) is 0 Å². The van der Waals surface area contributed by atoms with Gasteiger partial charge in [-0.1, -0.05) is 0 Å². The van der Waals surface area contributed by atoms with Crippen LogP contribution in [0.3, 0.4) is 0 Å². The lowest BCUT2D eigenvalue weighted by Crippen LogP contribution is -2.66. The van der Waals surface area contributed by atoms with E-state index in [4.69, 9.17) is 4.74 Å². The van der Waals surface area contributed by atoms with Crippen LogP contribution in [0.1, 0.15) is 13.3 Å². The molecule has 86 valence electrons. The molecule has 2 rings (SSSR count). The van der Waals surface area contributed by atoms with Crippen molar-refractivity contribution in [3.05, 3.63) is 0 Å². The molecule has 1 unspecified atom stereocenters. The summed E-state index contributed by atoms with van der Waals surface area (Å²) in [5.41, 5.74) is 0. The van der Waals surface area contributed by atoms with Gasteiger partial charge in [-0.2, -0.15) is 0 Å². The Morgan fingerprint density at radius 1 is 1.53 bits per heavy atom. The minimum atomic E-state index is -3.13. The van der Waals surface area contributed by atoms with Gasteiger partial charge < -0.3 is 10.1 Å². The highest BCUT2D eigenvalue weighted by molar-refractivity contribution is 7.93. The molecule has 6 heteroatoms. The van der Waals surface area contributed by atoms with E-state index in [1.165, 1.54) is 0 Å². The molecule has 1 atom stereocenters. The van der Waals surface area contributed by atoms with Crippen LogP contribution in [0.25, 0.3) is 0 Å². The summed E-state index contributed by atoms with van der Waals surface area (Å²) in [5.74, 6) is -0.721. The molecule has 15 heavy (non-hydrogen) atoms.